The predicted octanol–water partition coefficient (Wildman–Crippen LogP) is 3.19. The second-order valence-electron chi connectivity index (χ2n) is 6.45. The molecule has 0 bridgehead atoms. The van der Waals surface area contributed by atoms with Crippen LogP contribution in [0.15, 0.2) is 12.7 Å². The maximum atomic E-state index is 12.1. The summed E-state index contributed by atoms with van der Waals surface area (Å²) in [6, 6.07) is -0.621. The van der Waals surface area contributed by atoms with Crippen LogP contribution in [0.5, 0.6) is 0 Å². The standard InChI is InChI=1S/C16H27NO4/c1-6-8-9-12-10-11(7-2)13(14(18)20-12)17-15(19)21-16(3,4)5/h6,11-13H,1,7-10H2,2-5H3,(H,17,19)/t11-,12?,13?/m1/s1. The lowest BCUT2D eigenvalue weighted by Crippen LogP contribution is -2.52. The number of rotatable bonds is 5. The molecule has 21 heavy (non-hydrogen) atoms. The van der Waals surface area contributed by atoms with Gasteiger partial charge in [0, 0.05) is 0 Å². The quantitative estimate of drug-likeness (QED) is 0.625. The van der Waals surface area contributed by atoms with Gasteiger partial charge in [0.1, 0.15) is 17.7 Å². The van der Waals surface area contributed by atoms with Crippen molar-refractivity contribution >= 4 is 12.1 Å². The highest BCUT2D eigenvalue weighted by Crippen LogP contribution is 2.27. The molecule has 0 aliphatic carbocycles. The van der Waals surface area contributed by atoms with Gasteiger partial charge in [0.15, 0.2) is 0 Å². The van der Waals surface area contributed by atoms with E-state index in [1.165, 1.54) is 0 Å². The zero-order valence-corrected chi connectivity index (χ0v) is 13.5. The average Bonchev–Trinajstić information content (AvgIpc) is 2.36. The van der Waals surface area contributed by atoms with E-state index in [9.17, 15) is 9.59 Å². The van der Waals surface area contributed by atoms with Crippen molar-refractivity contribution in [2.75, 3.05) is 0 Å². The largest absolute Gasteiger partial charge is 0.461 e. The van der Waals surface area contributed by atoms with Crippen LogP contribution in [0.2, 0.25) is 0 Å². The van der Waals surface area contributed by atoms with Gasteiger partial charge < -0.3 is 14.8 Å². The highest BCUT2D eigenvalue weighted by molar-refractivity contribution is 5.82. The normalized spacial score (nSPS) is 25.9. The van der Waals surface area contributed by atoms with Gasteiger partial charge in [0.05, 0.1) is 0 Å². The summed E-state index contributed by atoms with van der Waals surface area (Å²) in [6.07, 6.45) is 4.32. The molecule has 0 radical (unpaired) electrons. The van der Waals surface area contributed by atoms with Crippen LogP contribution in [0.4, 0.5) is 4.79 Å². The molecule has 120 valence electrons. The van der Waals surface area contributed by atoms with E-state index in [0.29, 0.717) is 0 Å². The Morgan fingerprint density at radius 2 is 2.19 bits per heavy atom. The van der Waals surface area contributed by atoms with Gasteiger partial charge in [-0.2, -0.15) is 0 Å². The van der Waals surface area contributed by atoms with Crippen molar-refractivity contribution in [3.8, 4) is 0 Å². The van der Waals surface area contributed by atoms with Crippen LogP contribution in [0.3, 0.4) is 0 Å². The third kappa shape index (κ3) is 5.78. The molecule has 1 amide bonds. The Balaban J connectivity index is 2.63. The molecule has 5 heteroatoms. The fourth-order valence-electron chi connectivity index (χ4n) is 2.45. The van der Waals surface area contributed by atoms with E-state index in [2.05, 4.69) is 11.9 Å². The number of carbonyl (C=O) groups excluding carboxylic acids is 2. The Bertz CT molecular complexity index is 386. The molecule has 1 aliphatic rings. The Morgan fingerprint density at radius 1 is 1.52 bits per heavy atom. The lowest BCUT2D eigenvalue weighted by molar-refractivity contribution is -0.161. The molecule has 0 aromatic heterocycles. The smallest absolute Gasteiger partial charge is 0.408 e. The first kappa shape index (κ1) is 17.5. The maximum Gasteiger partial charge on any atom is 0.408 e. The molecule has 1 fully saturated rings. The van der Waals surface area contributed by atoms with Gasteiger partial charge >= 0.3 is 12.1 Å². The number of carbonyl (C=O) groups is 2. The van der Waals surface area contributed by atoms with E-state index in [1.54, 1.807) is 20.8 Å². The zero-order chi connectivity index (χ0) is 16.0. The third-order valence-corrected chi connectivity index (χ3v) is 3.46. The zero-order valence-electron chi connectivity index (χ0n) is 13.5. The second-order valence-corrected chi connectivity index (χ2v) is 6.45. The summed E-state index contributed by atoms with van der Waals surface area (Å²) in [5, 5.41) is 2.65. The Hall–Kier alpha value is -1.52. The number of hydrogen-bond donors (Lipinski definition) is 1. The lowest BCUT2D eigenvalue weighted by Gasteiger charge is -2.35. The van der Waals surface area contributed by atoms with Crippen molar-refractivity contribution in [1.82, 2.24) is 5.32 Å². The fourth-order valence-corrected chi connectivity index (χ4v) is 2.45. The first-order chi connectivity index (χ1) is 9.76. The molecular formula is C16H27NO4. The molecule has 3 atom stereocenters. The summed E-state index contributed by atoms with van der Waals surface area (Å²) < 4.78 is 10.6. The summed E-state index contributed by atoms with van der Waals surface area (Å²) in [5.74, 6) is -0.290. The fraction of sp³-hybridized carbons (Fsp3) is 0.750. The van der Waals surface area contributed by atoms with Gasteiger partial charge in [-0.25, -0.2) is 9.59 Å². The highest BCUT2D eigenvalue weighted by atomic mass is 16.6. The molecule has 1 saturated heterocycles. The highest BCUT2D eigenvalue weighted by Gasteiger charge is 2.38. The van der Waals surface area contributed by atoms with Crippen molar-refractivity contribution in [3.63, 3.8) is 0 Å². The minimum Gasteiger partial charge on any atom is -0.461 e. The van der Waals surface area contributed by atoms with Gasteiger partial charge in [-0.1, -0.05) is 19.4 Å². The number of hydrogen-bond acceptors (Lipinski definition) is 4. The first-order valence-corrected chi connectivity index (χ1v) is 7.57. The number of nitrogens with one attached hydrogen (secondary N) is 1. The summed E-state index contributed by atoms with van der Waals surface area (Å²) in [5.41, 5.74) is -0.586. The van der Waals surface area contributed by atoms with Gasteiger partial charge in [0.25, 0.3) is 0 Å². The molecular weight excluding hydrogens is 270 g/mol. The van der Waals surface area contributed by atoms with E-state index in [0.717, 1.165) is 25.7 Å². The molecule has 1 rings (SSSR count). The Labute approximate surface area is 127 Å². The molecule has 0 saturated carbocycles. The van der Waals surface area contributed by atoms with Gasteiger partial charge in [-0.15, -0.1) is 6.58 Å². The molecule has 2 unspecified atom stereocenters. The van der Waals surface area contributed by atoms with Gasteiger partial charge in [-0.3, -0.25) is 0 Å². The van der Waals surface area contributed by atoms with Crippen molar-refractivity contribution < 1.29 is 19.1 Å². The molecule has 1 aliphatic heterocycles. The van der Waals surface area contributed by atoms with Crippen molar-refractivity contribution in [1.29, 1.82) is 0 Å². The van der Waals surface area contributed by atoms with Crippen molar-refractivity contribution in [2.24, 2.45) is 5.92 Å². The van der Waals surface area contributed by atoms with Crippen LogP contribution in [0.25, 0.3) is 0 Å². The monoisotopic (exact) mass is 297 g/mol. The molecule has 1 heterocycles. The van der Waals surface area contributed by atoms with Gasteiger partial charge in [-0.05, 0) is 46.0 Å². The van der Waals surface area contributed by atoms with Crippen molar-refractivity contribution in [3.05, 3.63) is 12.7 Å². The molecule has 0 aromatic carbocycles. The molecule has 0 spiro atoms. The molecule has 0 aromatic rings. The Kier molecular flexibility index (Phi) is 6.24. The van der Waals surface area contributed by atoms with E-state index in [-0.39, 0.29) is 18.0 Å². The minimum absolute atomic E-state index is 0.0774. The summed E-state index contributed by atoms with van der Waals surface area (Å²) in [6.45, 7) is 11.0. The minimum atomic E-state index is -0.621. The summed E-state index contributed by atoms with van der Waals surface area (Å²) in [4.78, 5) is 24.0. The number of esters is 1. The third-order valence-electron chi connectivity index (χ3n) is 3.46. The van der Waals surface area contributed by atoms with Crippen LogP contribution in [0.1, 0.15) is 53.4 Å². The first-order valence-electron chi connectivity index (χ1n) is 7.57. The number of cyclic esters (lactones) is 1. The lowest BCUT2D eigenvalue weighted by atomic mass is 9.87. The average molecular weight is 297 g/mol. The molecule has 1 N–H and O–H groups in total. The molecule has 5 nitrogen and oxygen atoms in total. The number of ether oxygens (including phenoxy) is 2. The number of amides is 1. The second kappa shape index (κ2) is 7.48. The van der Waals surface area contributed by atoms with E-state index in [1.807, 2.05) is 13.0 Å². The topological polar surface area (TPSA) is 64.6 Å². The van der Waals surface area contributed by atoms with Crippen LogP contribution in [0, 0.1) is 5.92 Å². The SMILES string of the molecule is C=CCCC1C[C@@H](CC)C(NC(=O)OC(C)(C)C)C(=O)O1. The summed E-state index contributed by atoms with van der Waals surface area (Å²) >= 11 is 0. The van der Waals surface area contributed by atoms with Crippen LogP contribution in [-0.4, -0.2) is 29.8 Å². The summed E-state index contributed by atoms with van der Waals surface area (Å²) in [7, 11) is 0. The van der Waals surface area contributed by atoms with Crippen LogP contribution in [-0.2, 0) is 14.3 Å². The number of alkyl carbamates (subject to hydrolysis) is 1. The van der Waals surface area contributed by atoms with Gasteiger partial charge in [0.2, 0.25) is 0 Å². The maximum absolute atomic E-state index is 12.1. The van der Waals surface area contributed by atoms with E-state index in [4.69, 9.17) is 9.47 Å². The van der Waals surface area contributed by atoms with Crippen LogP contribution < -0.4 is 5.32 Å². The predicted molar refractivity (Wildman–Crippen MR) is 80.9 cm³/mol. The van der Waals surface area contributed by atoms with Crippen molar-refractivity contribution in [2.45, 2.75) is 71.1 Å². The van der Waals surface area contributed by atoms with E-state index >= 15 is 0 Å². The number of allylic oxidation sites excluding steroid dienone is 1. The van der Waals surface area contributed by atoms with Crippen LogP contribution >= 0.6 is 0 Å². The van der Waals surface area contributed by atoms with E-state index < -0.39 is 17.7 Å². The Morgan fingerprint density at radius 3 is 2.71 bits per heavy atom.